The number of rotatable bonds is 6. The zero-order valence-corrected chi connectivity index (χ0v) is 23.5. The van der Waals surface area contributed by atoms with Gasteiger partial charge in [0.1, 0.15) is 11.4 Å². The van der Waals surface area contributed by atoms with E-state index >= 15 is 0 Å². The van der Waals surface area contributed by atoms with Crippen molar-refractivity contribution < 1.29 is 23.8 Å². The van der Waals surface area contributed by atoms with Crippen molar-refractivity contribution in [1.82, 2.24) is 15.1 Å². The molecule has 2 aromatic rings. The normalized spacial score (nSPS) is 18.9. The molecule has 3 aliphatic rings. The first-order valence-electron chi connectivity index (χ1n) is 14.1. The first-order chi connectivity index (χ1) is 18.7. The van der Waals surface area contributed by atoms with Gasteiger partial charge in [-0.25, -0.2) is 4.79 Å². The Balaban J connectivity index is 1.13. The second kappa shape index (κ2) is 11.6. The van der Waals surface area contributed by atoms with E-state index in [9.17, 15) is 9.59 Å². The van der Waals surface area contributed by atoms with E-state index < -0.39 is 0 Å². The van der Waals surface area contributed by atoms with Gasteiger partial charge in [-0.1, -0.05) is 39.0 Å². The monoisotopic (exact) mass is 535 g/mol. The maximum atomic E-state index is 12.6. The topological polar surface area (TPSA) is 80.3 Å². The lowest BCUT2D eigenvalue weighted by molar-refractivity contribution is 0.00955. The van der Waals surface area contributed by atoms with Crippen LogP contribution in [0.25, 0.3) is 11.1 Å². The lowest BCUT2D eigenvalue weighted by Crippen LogP contribution is -2.49. The van der Waals surface area contributed by atoms with Crippen molar-refractivity contribution in [2.75, 3.05) is 59.1 Å². The molecule has 1 N–H and O–H groups in total. The molecule has 2 amide bonds. The van der Waals surface area contributed by atoms with Gasteiger partial charge in [-0.2, -0.15) is 0 Å². The fourth-order valence-electron chi connectivity index (χ4n) is 5.43. The Morgan fingerprint density at radius 3 is 2.36 bits per heavy atom. The average Bonchev–Trinajstić information content (AvgIpc) is 3.29. The average molecular weight is 536 g/mol. The Hall–Kier alpha value is -3.10. The van der Waals surface area contributed by atoms with E-state index in [4.69, 9.17) is 14.2 Å². The fourth-order valence-corrected chi connectivity index (χ4v) is 5.43. The lowest BCUT2D eigenvalue weighted by Gasteiger charge is -2.38. The third kappa shape index (κ3) is 6.92. The van der Waals surface area contributed by atoms with Gasteiger partial charge < -0.3 is 24.4 Å². The van der Waals surface area contributed by atoms with Crippen molar-refractivity contribution in [2.24, 2.45) is 5.41 Å². The van der Waals surface area contributed by atoms with Crippen LogP contribution in [-0.4, -0.2) is 86.5 Å². The molecular formula is C31H41N3O5. The summed E-state index contributed by atoms with van der Waals surface area (Å²) in [5.41, 5.74) is 3.73. The predicted molar refractivity (Wildman–Crippen MR) is 150 cm³/mol. The number of hydrogen-bond donors (Lipinski definition) is 1. The highest BCUT2D eigenvalue weighted by molar-refractivity contribution is 5.94. The van der Waals surface area contributed by atoms with Crippen LogP contribution in [0.1, 0.15) is 49.5 Å². The number of carbonyl (C=O) groups is 2. The van der Waals surface area contributed by atoms with Crippen LogP contribution in [0.5, 0.6) is 5.75 Å². The molecule has 3 heterocycles. The molecule has 0 unspecified atom stereocenters. The van der Waals surface area contributed by atoms with Crippen molar-refractivity contribution in [2.45, 2.75) is 45.6 Å². The summed E-state index contributed by atoms with van der Waals surface area (Å²) in [4.78, 5) is 29.2. The van der Waals surface area contributed by atoms with Gasteiger partial charge in [0.15, 0.2) is 0 Å². The fraction of sp³-hybridized carbons (Fsp3) is 0.548. The highest BCUT2D eigenvalue weighted by Gasteiger charge is 2.43. The number of fused-ring (bicyclic) bond motifs is 1. The van der Waals surface area contributed by atoms with Crippen molar-refractivity contribution in [3.05, 3.63) is 53.6 Å². The second-order valence-corrected chi connectivity index (χ2v) is 12.2. The molecule has 3 aliphatic heterocycles. The van der Waals surface area contributed by atoms with Crippen molar-refractivity contribution in [3.63, 3.8) is 0 Å². The van der Waals surface area contributed by atoms with E-state index in [1.165, 1.54) is 5.56 Å². The number of likely N-dealkylation sites (tertiary alicyclic amines) is 1. The highest BCUT2D eigenvalue weighted by Crippen LogP contribution is 2.42. The number of piperidine rings is 1. The number of amides is 2. The van der Waals surface area contributed by atoms with E-state index in [1.807, 2.05) is 24.3 Å². The molecule has 2 saturated heterocycles. The molecule has 39 heavy (non-hydrogen) atoms. The number of hydrogen-bond acceptors (Lipinski definition) is 6. The molecule has 0 bridgehead atoms. The maximum Gasteiger partial charge on any atom is 0.409 e. The van der Waals surface area contributed by atoms with Gasteiger partial charge in [-0.15, -0.1) is 0 Å². The van der Waals surface area contributed by atoms with Gasteiger partial charge in [0.25, 0.3) is 5.91 Å². The molecule has 0 atom stereocenters. The molecule has 1 spiro atoms. The van der Waals surface area contributed by atoms with E-state index in [0.717, 1.165) is 69.0 Å². The Labute approximate surface area is 231 Å². The van der Waals surface area contributed by atoms with E-state index in [-0.39, 0.29) is 23.0 Å². The first kappa shape index (κ1) is 27.5. The number of nitrogens with zero attached hydrogens (tertiary/aromatic N) is 2. The minimum atomic E-state index is -0.259. The molecule has 2 aromatic carbocycles. The molecule has 210 valence electrons. The molecule has 0 saturated carbocycles. The highest BCUT2D eigenvalue weighted by atomic mass is 16.6. The Bertz CT molecular complexity index is 1160. The van der Waals surface area contributed by atoms with Crippen LogP contribution in [0, 0.1) is 5.41 Å². The number of nitrogens with one attached hydrogen (secondary N) is 1. The smallest absolute Gasteiger partial charge is 0.409 e. The van der Waals surface area contributed by atoms with Gasteiger partial charge in [0.05, 0.1) is 19.8 Å². The van der Waals surface area contributed by atoms with Gasteiger partial charge >= 0.3 is 6.09 Å². The maximum absolute atomic E-state index is 12.6. The molecule has 8 heteroatoms. The number of carbonyl (C=O) groups excluding carboxylic acids is 2. The molecular weight excluding hydrogens is 494 g/mol. The Morgan fingerprint density at radius 2 is 1.67 bits per heavy atom. The first-order valence-corrected chi connectivity index (χ1v) is 14.1. The molecule has 0 aromatic heterocycles. The zero-order chi connectivity index (χ0) is 27.5. The van der Waals surface area contributed by atoms with Gasteiger partial charge in [-0.05, 0) is 46.4 Å². The number of benzene rings is 2. The minimum Gasteiger partial charge on any atom is -0.487 e. The van der Waals surface area contributed by atoms with Gasteiger partial charge in [-0.3, -0.25) is 9.69 Å². The van der Waals surface area contributed by atoms with Crippen molar-refractivity contribution in [3.8, 4) is 16.9 Å². The quantitative estimate of drug-likeness (QED) is 0.592. The minimum absolute atomic E-state index is 0.0452. The molecule has 2 fully saturated rings. The predicted octanol–water partition coefficient (Wildman–Crippen LogP) is 4.37. The van der Waals surface area contributed by atoms with Crippen LogP contribution in [0.4, 0.5) is 4.79 Å². The summed E-state index contributed by atoms with van der Waals surface area (Å²) < 4.78 is 17.3. The molecule has 5 rings (SSSR count). The molecule has 0 aliphatic carbocycles. The Morgan fingerprint density at radius 1 is 0.974 bits per heavy atom. The Kier molecular flexibility index (Phi) is 8.14. The summed E-state index contributed by atoms with van der Waals surface area (Å²) >= 11 is 0. The summed E-state index contributed by atoms with van der Waals surface area (Å²) in [5.74, 6) is 0.881. The summed E-state index contributed by atoms with van der Waals surface area (Å²) in [6.45, 7) is 12.7. The lowest BCUT2D eigenvalue weighted by atomic mass is 9.86. The standard InChI is InChI=1S/C31H41N3O5/c1-30(2,3)22-38-29(36)34-13-10-31(11-14-34)21-26-20-25(8-9-27(26)39-31)23-4-6-24(7-5-23)28(35)32-12-15-33-16-18-37-19-17-33/h4-9,20H,10-19,21-22H2,1-3H3,(H,32,35). The van der Waals surface area contributed by atoms with Gasteiger partial charge in [0.2, 0.25) is 0 Å². The van der Waals surface area contributed by atoms with E-state index in [2.05, 4.69) is 49.2 Å². The van der Waals surface area contributed by atoms with Crippen LogP contribution in [0.2, 0.25) is 0 Å². The zero-order valence-electron chi connectivity index (χ0n) is 23.5. The number of ether oxygens (including phenoxy) is 3. The van der Waals surface area contributed by atoms with Crippen LogP contribution in [-0.2, 0) is 15.9 Å². The summed E-state index contributed by atoms with van der Waals surface area (Å²) in [6, 6.07) is 14.1. The summed E-state index contributed by atoms with van der Waals surface area (Å²) in [6.07, 6.45) is 2.19. The third-order valence-corrected chi connectivity index (χ3v) is 7.76. The van der Waals surface area contributed by atoms with Crippen molar-refractivity contribution >= 4 is 12.0 Å². The van der Waals surface area contributed by atoms with Crippen LogP contribution < -0.4 is 10.1 Å². The van der Waals surface area contributed by atoms with E-state index in [1.54, 1.807) is 4.90 Å². The van der Waals surface area contributed by atoms with Crippen molar-refractivity contribution in [1.29, 1.82) is 0 Å². The largest absolute Gasteiger partial charge is 0.487 e. The summed E-state index contributed by atoms with van der Waals surface area (Å²) in [5, 5.41) is 3.03. The SMILES string of the molecule is CC(C)(C)COC(=O)N1CCC2(CC1)Cc1cc(-c3ccc(C(=O)NCCN4CCOCC4)cc3)ccc1O2. The second-order valence-electron chi connectivity index (χ2n) is 12.2. The summed E-state index contributed by atoms with van der Waals surface area (Å²) in [7, 11) is 0. The molecule has 8 nitrogen and oxygen atoms in total. The third-order valence-electron chi connectivity index (χ3n) is 7.76. The molecule has 0 radical (unpaired) electrons. The van der Waals surface area contributed by atoms with Crippen LogP contribution in [0.3, 0.4) is 0 Å². The van der Waals surface area contributed by atoms with Crippen LogP contribution >= 0.6 is 0 Å². The van der Waals surface area contributed by atoms with E-state index in [0.29, 0.717) is 31.8 Å². The van der Waals surface area contributed by atoms with Crippen LogP contribution in [0.15, 0.2) is 42.5 Å². The van der Waals surface area contributed by atoms with Gasteiger partial charge in [0, 0.05) is 64.1 Å². The number of morpholine rings is 1.